The number of carboxylic acids is 1. The first kappa shape index (κ1) is 17.7. The second-order valence-electron chi connectivity index (χ2n) is 5.04. The predicted octanol–water partition coefficient (Wildman–Crippen LogP) is 0.220. The average molecular weight is 294 g/mol. The minimum Gasteiger partial charge on any atom is -0.481 e. The number of nitrogens with one attached hydrogen (secondary N) is 2. The highest BCUT2D eigenvalue weighted by atomic mass is 32.2. The molecule has 0 aromatic rings. The van der Waals surface area contributed by atoms with Gasteiger partial charge in [0.15, 0.2) is 0 Å². The maximum absolute atomic E-state index is 11.5. The molecule has 0 aliphatic heterocycles. The number of carboxylic acid groups (broad SMARTS) is 1. The van der Waals surface area contributed by atoms with Crippen molar-refractivity contribution in [2.75, 3.05) is 18.6 Å². The summed E-state index contributed by atoms with van der Waals surface area (Å²) in [6.45, 7) is 4.81. The van der Waals surface area contributed by atoms with E-state index in [0.29, 0.717) is 6.42 Å². The molecule has 7 nitrogen and oxygen atoms in total. The fourth-order valence-corrected chi connectivity index (χ4v) is 2.39. The van der Waals surface area contributed by atoms with E-state index in [4.69, 9.17) is 5.11 Å². The molecule has 0 aromatic carbocycles. The Balaban J connectivity index is 4.30. The molecule has 0 saturated carbocycles. The minimum absolute atomic E-state index is 0.0176. The zero-order valence-electron chi connectivity index (χ0n) is 11.7. The molecule has 0 rings (SSSR count). The van der Waals surface area contributed by atoms with E-state index < -0.39 is 33.3 Å². The minimum atomic E-state index is -3.17. The van der Waals surface area contributed by atoms with Crippen LogP contribution in [0.15, 0.2) is 0 Å². The number of carbonyl (C=O) groups excluding carboxylic acids is 1. The van der Waals surface area contributed by atoms with E-state index in [-0.39, 0.29) is 12.3 Å². The van der Waals surface area contributed by atoms with E-state index >= 15 is 0 Å². The van der Waals surface area contributed by atoms with Crippen LogP contribution in [0.5, 0.6) is 0 Å². The molecule has 2 unspecified atom stereocenters. The molecule has 8 heteroatoms. The van der Waals surface area contributed by atoms with Gasteiger partial charge in [-0.25, -0.2) is 13.2 Å². The molecule has 0 spiro atoms. The van der Waals surface area contributed by atoms with Crippen molar-refractivity contribution in [1.29, 1.82) is 0 Å². The van der Waals surface area contributed by atoms with Crippen molar-refractivity contribution in [2.45, 2.75) is 33.2 Å². The lowest BCUT2D eigenvalue weighted by Crippen LogP contribution is -2.48. The summed E-state index contributed by atoms with van der Waals surface area (Å²) in [7, 11) is -3.17. The molecule has 0 bridgehead atoms. The van der Waals surface area contributed by atoms with Gasteiger partial charge in [-0.1, -0.05) is 6.92 Å². The Morgan fingerprint density at radius 2 is 1.89 bits per heavy atom. The Hall–Kier alpha value is -1.31. The molecule has 19 heavy (non-hydrogen) atoms. The monoisotopic (exact) mass is 294 g/mol. The number of hydrogen-bond donors (Lipinski definition) is 3. The van der Waals surface area contributed by atoms with Crippen molar-refractivity contribution < 1.29 is 23.1 Å². The van der Waals surface area contributed by atoms with Crippen LogP contribution in [0.2, 0.25) is 0 Å². The number of sulfone groups is 1. The van der Waals surface area contributed by atoms with E-state index in [9.17, 15) is 18.0 Å². The van der Waals surface area contributed by atoms with Gasteiger partial charge in [-0.3, -0.25) is 4.79 Å². The van der Waals surface area contributed by atoms with Gasteiger partial charge < -0.3 is 15.7 Å². The zero-order valence-corrected chi connectivity index (χ0v) is 12.5. The Kier molecular flexibility index (Phi) is 6.28. The quantitative estimate of drug-likeness (QED) is 0.621. The molecular weight excluding hydrogens is 272 g/mol. The van der Waals surface area contributed by atoms with Gasteiger partial charge in [0.05, 0.1) is 11.2 Å². The van der Waals surface area contributed by atoms with E-state index in [0.717, 1.165) is 6.26 Å². The summed E-state index contributed by atoms with van der Waals surface area (Å²) < 4.78 is 22.1. The van der Waals surface area contributed by atoms with Crippen LogP contribution in [0.25, 0.3) is 0 Å². The van der Waals surface area contributed by atoms with Crippen LogP contribution in [0, 0.1) is 5.41 Å². The standard InChI is InChI=1S/C11H22N2O5S/c1-5-11(3,9(14)15)7-12-10(16)13-8(2)6-19(4,17)18/h8H,5-7H2,1-4H3,(H,14,15)(H2,12,13,16). The smallest absolute Gasteiger partial charge is 0.315 e. The van der Waals surface area contributed by atoms with Crippen LogP contribution in [0.1, 0.15) is 27.2 Å². The third-order valence-electron chi connectivity index (χ3n) is 2.87. The molecule has 0 aliphatic rings. The van der Waals surface area contributed by atoms with Gasteiger partial charge in [0.2, 0.25) is 0 Å². The van der Waals surface area contributed by atoms with Crippen LogP contribution >= 0.6 is 0 Å². The first-order chi connectivity index (χ1) is 8.50. The van der Waals surface area contributed by atoms with Crippen molar-refractivity contribution in [2.24, 2.45) is 5.41 Å². The van der Waals surface area contributed by atoms with Crippen molar-refractivity contribution in [3.8, 4) is 0 Å². The Bertz CT molecular complexity index is 434. The zero-order chi connectivity index (χ0) is 15.3. The first-order valence-electron chi connectivity index (χ1n) is 5.95. The molecule has 2 atom stereocenters. The molecule has 0 heterocycles. The summed E-state index contributed by atoms with van der Waals surface area (Å²) >= 11 is 0. The van der Waals surface area contributed by atoms with Crippen molar-refractivity contribution in [3.63, 3.8) is 0 Å². The first-order valence-corrected chi connectivity index (χ1v) is 8.01. The second-order valence-corrected chi connectivity index (χ2v) is 7.22. The molecule has 3 N–H and O–H groups in total. The van der Waals surface area contributed by atoms with Gasteiger partial charge in [-0.2, -0.15) is 0 Å². The molecule has 0 saturated heterocycles. The highest BCUT2D eigenvalue weighted by Gasteiger charge is 2.31. The normalized spacial score (nSPS) is 16.2. The Morgan fingerprint density at radius 3 is 2.26 bits per heavy atom. The summed E-state index contributed by atoms with van der Waals surface area (Å²) in [5, 5.41) is 13.9. The predicted molar refractivity (Wildman–Crippen MR) is 71.7 cm³/mol. The van der Waals surface area contributed by atoms with Crippen molar-refractivity contribution >= 4 is 21.8 Å². The highest BCUT2D eigenvalue weighted by Crippen LogP contribution is 2.19. The maximum atomic E-state index is 11.5. The summed E-state index contributed by atoms with van der Waals surface area (Å²) in [6, 6.07) is -1.11. The molecule has 0 fully saturated rings. The van der Waals surface area contributed by atoms with Crippen molar-refractivity contribution in [1.82, 2.24) is 10.6 Å². The molecule has 0 aromatic heterocycles. The Morgan fingerprint density at radius 1 is 1.37 bits per heavy atom. The summed E-state index contributed by atoms with van der Waals surface area (Å²) in [4.78, 5) is 22.5. The maximum Gasteiger partial charge on any atom is 0.315 e. The lowest BCUT2D eigenvalue weighted by atomic mass is 9.88. The number of rotatable bonds is 7. The third kappa shape index (κ3) is 7.00. The van der Waals surface area contributed by atoms with Gasteiger partial charge in [-0.05, 0) is 20.3 Å². The van der Waals surface area contributed by atoms with Crippen LogP contribution in [0.4, 0.5) is 4.79 Å². The van der Waals surface area contributed by atoms with E-state index in [2.05, 4.69) is 10.6 Å². The van der Waals surface area contributed by atoms with Gasteiger partial charge in [-0.15, -0.1) is 0 Å². The number of amides is 2. The SMILES string of the molecule is CCC(C)(CNC(=O)NC(C)CS(C)(=O)=O)C(=O)O. The van der Waals surface area contributed by atoms with Gasteiger partial charge >= 0.3 is 12.0 Å². The van der Waals surface area contributed by atoms with Gasteiger partial charge in [0.25, 0.3) is 0 Å². The fraction of sp³-hybridized carbons (Fsp3) is 0.818. The lowest BCUT2D eigenvalue weighted by molar-refractivity contribution is -0.147. The third-order valence-corrected chi connectivity index (χ3v) is 3.97. The fourth-order valence-electron chi connectivity index (χ4n) is 1.40. The van der Waals surface area contributed by atoms with E-state index in [1.54, 1.807) is 13.8 Å². The molecule has 2 amide bonds. The van der Waals surface area contributed by atoms with Crippen molar-refractivity contribution in [3.05, 3.63) is 0 Å². The molecule has 0 radical (unpaired) electrons. The van der Waals surface area contributed by atoms with Crippen LogP contribution in [0.3, 0.4) is 0 Å². The Labute approximate surface area is 113 Å². The number of aliphatic carboxylic acids is 1. The highest BCUT2D eigenvalue weighted by molar-refractivity contribution is 7.90. The van der Waals surface area contributed by atoms with E-state index in [1.807, 2.05) is 0 Å². The van der Waals surface area contributed by atoms with E-state index in [1.165, 1.54) is 6.92 Å². The lowest BCUT2D eigenvalue weighted by Gasteiger charge is -2.24. The summed E-state index contributed by atoms with van der Waals surface area (Å²) in [5.41, 5.74) is -1.03. The topological polar surface area (TPSA) is 113 Å². The van der Waals surface area contributed by atoms with Gasteiger partial charge in [0.1, 0.15) is 9.84 Å². The van der Waals surface area contributed by atoms with Crippen LogP contribution in [-0.4, -0.2) is 50.1 Å². The van der Waals surface area contributed by atoms with Crippen LogP contribution in [-0.2, 0) is 14.6 Å². The number of urea groups is 1. The summed E-state index contributed by atoms with van der Waals surface area (Å²) in [5.74, 6) is -1.15. The molecule has 112 valence electrons. The molecule has 0 aliphatic carbocycles. The second kappa shape index (κ2) is 6.74. The van der Waals surface area contributed by atoms with Gasteiger partial charge in [0, 0.05) is 18.8 Å². The average Bonchev–Trinajstić information content (AvgIpc) is 2.22. The number of hydrogen-bond acceptors (Lipinski definition) is 4. The molecular formula is C11H22N2O5S. The van der Waals surface area contributed by atoms with Crippen LogP contribution < -0.4 is 10.6 Å². The summed E-state index contributed by atoms with van der Waals surface area (Å²) in [6.07, 6.45) is 1.46. The largest absolute Gasteiger partial charge is 0.481 e. The number of carbonyl (C=O) groups is 2.